The first-order valence-electron chi connectivity index (χ1n) is 8.18. The average molecular weight is 329 g/mol. The molecule has 0 fully saturated rings. The smallest absolute Gasteiger partial charge is 0.128 e. The minimum atomic E-state index is 0.481. The number of rotatable bonds is 7. The van der Waals surface area contributed by atoms with Crippen molar-refractivity contribution in [1.29, 1.82) is 0 Å². The number of nitrogens with two attached hydrogens (primary N) is 1. The summed E-state index contributed by atoms with van der Waals surface area (Å²) in [6.45, 7) is 5.20. The summed E-state index contributed by atoms with van der Waals surface area (Å²) < 4.78 is 11.2. The number of methoxy groups -OCH3 is 2. The molecule has 1 unspecified atom stereocenters. The Balaban J connectivity index is 2.45. The third-order valence-corrected chi connectivity index (χ3v) is 4.41. The summed E-state index contributed by atoms with van der Waals surface area (Å²) in [5.74, 6) is 2.07. The van der Waals surface area contributed by atoms with Gasteiger partial charge in [-0.05, 0) is 44.7 Å². The summed E-state index contributed by atoms with van der Waals surface area (Å²) in [6.07, 6.45) is 1.10. The van der Waals surface area contributed by atoms with E-state index < -0.39 is 0 Å². The Labute approximate surface area is 144 Å². The Bertz CT molecular complexity index is 688. The molecule has 0 saturated carbocycles. The highest BCUT2D eigenvalue weighted by atomic mass is 16.5. The zero-order valence-corrected chi connectivity index (χ0v) is 15.2. The quantitative estimate of drug-likeness (QED) is 0.841. The topological polar surface area (TPSA) is 60.6 Å². The van der Waals surface area contributed by atoms with Crippen LogP contribution in [0.5, 0.6) is 11.5 Å². The third-order valence-electron chi connectivity index (χ3n) is 4.41. The summed E-state index contributed by atoms with van der Waals surface area (Å²) in [5, 5.41) is 0. The predicted octanol–water partition coefficient (Wildman–Crippen LogP) is 3.58. The second-order valence-electron chi connectivity index (χ2n) is 5.98. The van der Waals surface area contributed by atoms with E-state index in [4.69, 9.17) is 15.2 Å². The van der Waals surface area contributed by atoms with E-state index in [0.717, 1.165) is 41.3 Å². The molecule has 2 aromatic rings. The van der Waals surface area contributed by atoms with Crippen LogP contribution in [0.4, 0.5) is 5.82 Å². The van der Waals surface area contributed by atoms with E-state index in [1.165, 1.54) is 0 Å². The summed E-state index contributed by atoms with van der Waals surface area (Å²) in [5.41, 5.74) is 8.54. The molecular formula is C19H27N3O2. The van der Waals surface area contributed by atoms with Gasteiger partial charge in [-0.1, -0.05) is 13.0 Å². The lowest BCUT2D eigenvalue weighted by molar-refractivity contribution is 0.240. The van der Waals surface area contributed by atoms with Gasteiger partial charge in [-0.2, -0.15) is 0 Å². The maximum absolute atomic E-state index is 5.81. The van der Waals surface area contributed by atoms with Crippen LogP contribution in [0.1, 0.15) is 25.8 Å². The van der Waals surface area contributed by atoms with Crippen molar-refractivity contribution in [1.82, 2.24) is 9.88 Å². The highest BCUT2D eigenvalue weighted by Crippen LogP contribution is 2.36. The van der Waals surface area contributed by atoms with E-state index in [0.29, 0.717) is 11.9 Å². The van der Waals surface area contributed by atoms with Gasteiger partial charge in [0.25, 0.3) is 0 Å². The molecule has 1 aromatic heterocycles. The van der Waals surface area contributed by atoms with Crippen LogP contribution in [-0.4, -0.2) is 37.2 Å². The molecule has 0 radical (unpaired) electrons. The Morgan fingerprint density at radius 1 is 1.17 bits per heavy atom. The SMILES string of the molecule is CCC(C)N(C)Cc1cc(OC)c(-c2cccc(N)n2)cc1OC. The van der Waals surface area contributed by atoms with Crippen LogP contribution in [0.2, 0.25) is 0 Å². The Morgan fingerprint density at radius 3 is 2.46 bits per heavy atom. The highest BCUT2D eigenvalue weighted by molar-refractivity contribution is 5.71. The molecule has 2 rings (SSSR count). The minimum absolute atomic E-state index is 0.481. The number of hydrogen-bond donors (Lipinski definition) is 1. The second kappa shape index (κ2) is 8.02. The zero-order valence-electron chi connectivity index (χ0n) is 15.2. The fourth-order valence-electron chi connectivity index (χ4n) is 2.62. The van der Waals surface area contributed by atoms with Crippen molar-refractivity contribution in [3.63, 3.8) is 0 Å². The maximum Gasteiger partial charge on any atom is 0.128 e. The van der Waals surface area contributed by atoms with E-state index >= 15 is 0 Å². The van der Waals surface area contributed by atoms with Crippen molar-refractivity contribution in [2.45, 2.75) is 32.9 Å². The number of nitrogen functional groups attached to an aromatic ring is 1. The number of anilines is 1. The van der Waals surface area contributed by atoms with Crippen molar-refractivity contribution >= 4 is 5.82 Å². The predicted molar refractivity (Wildman–Crippen MR) is 98.4 cm³/mol. The number of ether oxygens (including phenoxy) is 2. The monoisotopic (exact) mass is 329 g/mol. The van der Waals surface area contributed by atoms with E-state index in [1.54, 1.807) is 20.3 Å². The molecular weight excluding hydrogens is 302 g/mol. The van der Waals surface area contributed by atoms with Gasteiger partial charge in [-0.3, -0.25) is 4.90 Å². The van der Waals surface area contributed by atoms with Gasteiger partial charge < -0.3 is 15.2 Å². The molecule has 1 aromatic carbocycles. The molecule has 0 spiro atoms. The minimum Gasteiger partial charge on any atom is -0.496 e. The molecule has 1 atom stereocenters. The largest absolute Gasteiger partial charge is 0.496 e. The van der Waals surface area contributed by atoms with Gasteiger partial charge in [0.15, 0.2) is 0 Å². The fourth-order valence-corrected chi connectivity index (χ4v) is 2.62. The van der Waals surface area contributed by atoms with Gasteiger partial charge in [0, 0.05) is 23.7 Å². The maximum atomic E-state index is 5.81. The summed E-state index contributed by atoms with van der Waals surface area (Å²) in [4.78, 5) is 6.69. The van der Waals surface area contributed by atoms with Crippen molar-refractivity contribution in [3.05, 3.63) is 35.9 Å². The third kappa shape index (κ3) is 3.97. The molecule has 0 aliphatic carbocycles. The standard InChI is InChI=1S/C19H27N3O2/c1-6-13(2)22(3)12-14-10-18(24-5)15(11-17(14)23-4)16-8-7-9-19(20)21-16/h7-11,13H,6,12H2,1-5H3,(H2,20,21). The molecule has 0 aliphatic heterocycles. The van der Waals surface area contributed by atoms with Crippen LogP contribution in [0.15, 0.2) is 30.3 Å². The number of pyridine rings is 1. The van der Waals surface area contributed by atoms with Crippen molar-refractivity contribution in [3.8, 4) is 22.8 Å². The Morgan fingerprint density at radius 2 is 1.88 bits per heavy atom. The first-order valence-corrected chi connectivity index (χ1v) is 8.18. The highest BCUT2D eigenvalue weighted by Gasteiger charge is 2.16. The lowest BCUT2D eigenvalue weighted by Crippen LogP contribution is -2.28. The van der Waals surface area contributed by atoms with Crippen molar-refractivity contribution < 1.29 is 9.47 Å². The average Bonchev–Trinajstić information content (AvgIpc) is 2.60. The van der Waals surface area contributed by atoms with Crippen LogP contribution in [0, 0.1) is 0 Å². The molecule has 0 aliphatic rings. The van der Waals surface area contributed by atoms with Crippen molar-refractivity contribution in [2.24, 2.45) is 0 Å². The normalized spacial score (nSPS) is 12.2. The summed E-state index contributed by atoms with van der Waals surface area (Å²) in [7, 11) is 5.47. The molecule has 5 heteroatoms. The van der Waals surface area contributed by atoms with Gasteiger partial charge in [0.1, 0.15) is 17.3 Å². The van der Waals surface area contributed by atoms with Gasteiger partial charge in [-0.25, -0.2) is 4.98 Å². The molecule has 130 valence electrons. The van der Waals surface area contributed by atoms with E-state index in [-0.39, 0.29) is 0 Å². The molecule has 5 nitrogen and oxygen atoms in total. The van der Waals surface area contributed by atoms with Crippen LogP contribution in [0.3, 0.4) is 0 Å². The van der Waals surface area contributed by atoms with Crippen LogP contribution >= 0.6 is 0 Å². The van der Waals surface area contributed by atoms with E-state index in [1.807, 2.05) is 24.3 Å². The Hall–Kier alpha value is -2.27. The number of aromatic nitrogens is 1. The van der Waals surface area contributed by atoms with Gasteiger partial charge in [-0.15, -0.1) is 0 Å². The van der Waals surface area contributed by atoms with Crippen molar-refractivity contribution in [2.75, 3.05) is 27.0 Å². The Kier molecular flexibility index (Phi) is 6.04. The van der Waals surface area contributed by atoms with Gasteiger partial charge >= 0.3 is 0 Å². The molecule has 0 bridgehead atoms. The molecule has 1 heterocycles. The van der Waals surface area contributed by atoms with Crippen LogP contribution in [0.25, 0.3) is 11.3 Å². The first kappa shape index (κ1) is 18.1. The molecule has 0 saturated heterocycles. The van der Waals surface area contributed by atoms with E-state index in [2.05, 4.69) is 30.8 Å². The van der Waals surface area contributed by atoms with E-state index in [9.17, 15) is 0 Å². The molecule has 0 amide bonds. The summed E-state index contributed by atoms with van der Waals surface area (Å²) in [6, 6.07) is 10.1. The number of nitrogens with zero attached hydrogens (tertiary/aromatic N) is 2. The second-order valence-corrected chi connectivity index (χ2v) is 5.98. The summed E-state index contributed by atoms with van der Waals surface area (Å²) >= 11 is 0. The fraction of sp³-hybridized carbons (Fsp3) is 0.421. The van der Waals surface area contributed by atoms with Crippen LogP contribution in [-0.2, 0) is 6.54 Å². The molecule has 24 heavy (non-hydrogen) atoms. The zero-order chi connectivity index (χ0) is 17.7. The van der Waals surface area contributed by atoms with Crippen LogP contribution < -0.4 is 15.2 Å². The number of hydrogen-bond acceptors (Lipinski definition) is 5. The number of benzene rings is 1. The molecule has 2 N–H and O–H groups in total. The lowest BCUT2D eigenvalue weighted by atomic mass is 10.0. The first-order chi connectivity index (χ1) is 11.5. The van der Waals surface area contributed by atoms with Gasteiger partial charge in [0.2, 0.25) is 0 Å². The van der Waals surface area contributed by atoms with Gasteiger partial charge in [0.05, 0.1) is 19.9 Å². The lowest BCUT2D eigenvalue weighted by Gasteiger charge is -2.25.